The number of imidazole rings is 1. The second kappa shape index (κ2) is 8.88. The van der Waals surface area contributed by atoms with Gasteiger partial charge in [0.1, 0.15) is 22.7 Å². The normalized spacial score (nSPS) is 22.6. The van der Waals surface area contributed by atoms with Crippen LogP contribution >= 0.6 is 0 Å². The Morgan fingerprint density at radius 3 is 2.82 bits per heavy atom. The molecule has 3 aliphatic carbocycles. The molecule has 5 aromatic heterocycles. The molecule has 3 N–H and O–H groups in total. The lowest BCUT2D eigenvalue weighted by atomic mass is 9.42. The third kappa shape index (κ3) is 4.21. The molecular formula is C29H30FN9. The van der Waals surface area contributed by atoms with Gasteiger partial charge in [0.05, 0.1) is 24.1 Å². The lowest BCUT2D eigenvalue weighted by Crippen LogP contribution is -2.67. The third-order valence-electron chi connectivity index (χ3n) is 8.07. The Balaban J connectivity index is 1.01. The smallest absolute Gasteiger partial charge is 0.137 e. The van der Waals surface area contributed by atoms with Gasteiger partial charge in [0.2, 0.25) is 0 Å². The largest absolute Gasteiger partial charge is 0.337 e. The van der Waals surface area contributed by atoms with E-state index in [9.17, 15) is 4.39 Å². The molecule has 39 heavy (non-hydrogen) atoms. The molecule has 9 nitrogen and oxygen atoms in total. The average molecular weight is 524 g/mol. The fourth-order valence-corrected chi connectivity index (χ4v) is 6.31. The zero-order valence-corrected chi connectivity index (χ0v) is 21.8. The van der Waals surface area contributed by atoms with Crippen molar-refractivity contribution in [2.75, 3.05) is 6.54 Å². The summed E-state index contributed by atoms with van der Waals surface area (Å²) in [4.78, 5) is 13.7. The lowest BCUT2D eigenvalue weighted by Gasteiger charge is -2.66. The molecule has 0 saturated heterocycles. The van der Waals surface area contributed by atoms with E-state index in [1.165, 1.54) is 0 Å². The number of hydrogen-bond acceptors (Lipinski definition) is 6. The number of hydrazone groups is 1. The van der Waals surface area contributed by atoms with E-state index in [1.807, 2.05) is 48.4 Å². The summed E-state index contributed by atoms with van der Waals surface area (Å²) in [6.45, 7) is 2.03. The van der Waals surface area contributed by atoms with Gasteiger partial charge in [-0.3, -0.25) is 9.98 Å². The molecule has 0 unspecified atom stereocenters. The van der Waals surface area contributed by atoms with E-state index >= 15 is 0 Å². The molecule has 198 valence electrons. The number of pyridine rings is 2. The highest BCUT2D eigenvalue weighted by atomic mass is 19.1. The number of aryl methyl sites for hydroxylation is 1. The van der Waals surface area contributed by atoms with E-state index in [1.54, 1.807) is 12.4 Å². The van der Waals surface area contributed by atoms with E-state index < -0.39 is 5.67 Å². The molecule has 3 fully saturated rings. The molecule has 5 aromatic rings. The van der Waals surface area contributed by atoms with Gasteiger partial charge in [-0.15, -0.1) is 0 Å². The number of halogens is 1. The Bertz CT molecular complexity index is 1740. The van der Waals surface area contributed by atoms with Crippen molar-refractivity contribution in [3.05, 3.63) is 84.3 Å². The first-order valence-corrected chi connectivity index (χ1v) is 13.1. The molecule has 0 atom stereocenters. The Labute approximate surface area is 224 Å². The van der Waals surface area contributed by atoms with E-state index in [2.05, 4.69) is 58.9 Å². The molecular weight excluding hydrogens is 493 g/mol. The summed E-state index contributed by atoms with van der Waals surface area (Å²) in [7, 11) is 2.02. The van der Waals surface area contributed by atoms with Crippen molar-refractivity contribution in [1.82, 2.24) is 28.8 Å². The number of aromatic nitrogens is 5. The fraction of sp³-hybridized carbons (Fsp3) is 0.310. The molecule has 0 spiro atoms. The van der Waals surface area contributed by atoms with Crippen LogP contribution in [0.15, 0.2) is 77.6 Å². The van der Waals surface area contributed by atoms with E-state index in [-0.39, 0.29) is 5.41 Å². The third-order valence-corrected chi connectivity index (χ3v) is 8.07. The Morgan fingerprint density at radius 2 is 2.00 bits per heavy atom. The molecule has 5 heterocycles. The first kappa shape index (κ1) is 23.8. The van der Waals surface area contributed by atoms with Crippen LogP contribution in [0.5, 0.6) is 0 Å². The summed E-state index contributed by atoms with van der Waals surface area (Å²) in [5.74, 6) is 5.73. The van der Waals surface area contributed by atoms with Gasteiger partial charge in [0, 0.05) is 68.3 Å². The first-order valence-electron chi connectivity index (χ1n) is 13.1. The van der Waals surface area contributed by atoms with Crippen molar-refractivity contribution < 1.29 is 4.39 Å². The summed E-state index contributed by atoms with van der Waals surface area (Å²) < 4.78 is 19.9. The summed E-state index contributed by atoms with van der Waals surface area (Å²) in [5, 5.41) is 8.62. The highest BCUT2D eigenvalue weighted by Gasteiger charge is 2.68. The number of hydrogen-bond donors (Lipinski definition) is 2. The van der Waals surface area contributed by atoms with E-state index in [0.29, 0.717) is 12.3 Å². The minimum absolute atomic E-state index is 0.207. The predicted octanol–water partition coefficient (Wildman–Crippen LogP) is 3.93. The second-order valence-electron chi connectivity index (χ2n) is 11.1. The zero-order valence-electron chi connectivity index (χ0n) is 21.8. The van der Waals surface area contributed by atoms with Crippen LogP contribution in [0.3, 0.4) is 0 Å². The van der Waals surface area contributed by atoms with Gasteiger partial charge in [0.25, 0.3) is 0 Å². The van der Waals surface area contributed by atoms with Crippen LogP contribution in [0.1, 0.15) is 36.1 Å². The Kier molecular flexibility index (Phi) is 5.41. The zero-order chi connectivity index (χ0) is 26.6. The molecule has 0 amide bonds. The summed E-state index contributed by atoms with van der Waals surface area (Å²) in [6, 6.07) is 10.3. The minimum Gasteiger partial charge on any atom is -0.337 e. The van der Waals surface area contributed by atoms with E-state index in [4.69, 9.17) is 5.84 Å². The maximum Gasteiger partial charge on any atom is 0.137 e. The van der Waals surface area contributed by atoms with Crippen LogP contribution in [0, 0.1) is 5.41 Å². The maximum absolute atomic E-state index is 13.7. The number of nitrogens with one attached hydrogen (secondary N) is 1. The van der Waals surface area contributed by atoms with Crippen LogP contribution in [0.4, 0.5) is 4.39 Å². The minimum atomic E-state index is -0.841. The van der Waals surface area contributed by atoms with Crippen LogP contribution in [-0.2, 0) is 20.1 Å². The molecule has 0 aliphatic heterocycles. The summed E-state index contributed by atoms with van der Waals surface area (Å²) >= 11 is 0. The molecule has 3 saturated carbocycles. The second-order valence-corrected chi connectivity index (χ2v) is 11.1. The lowest BCUT2D eigenvalue weighted by molar-refractivity contribution is -0.209. The highest BCUT2D eigenvalue weighted by molar-refractivity contribution is 6.38. The summed E-state index contributed by atoms with van der Waals surface area (Å²) in [5.41, 5.74) is 5.57. The van der Waals surface area contributed by atoms with Crippen LogP contribution in [-0.4, -0.2) is 47.6 Å². The molecule has 8 rings (SSSR count). The van der Waals surface area contributed by atoms with Gasteiger partial charge < -0.3 is 24.7 Å². The highest BCUT2D eigenvalue weighted by Crippen LogP contribution is 2.69. The molecule has 0 radical (unpaired) electrons. The number of fused-ring (bicyclic) bond motifs is 2. The van der Waals surface area contributed by atoms with Gasteiger partial charge in [-0.2, -0.15) is 5.10 Å². The molecule has 0 aromatic carbocycles. The van der Waals surface area contributed by atoms with Crippen molar-refractivity contribution in [3.63, 3.8) is 0 Å². The van der Waals surface area contributed by atoms with E-state index in [0.717, 1.165) is 71.5 Å². The fourth-order valence-electron chi connectivity index (χ4n) is 6.31. The molecule has 2 bridgehead atoms. The van der Waals surface area contributed by atoms with Crippen LogP contribution in [0.2, 0.25) is 0 Å². The van der Waals surface area contributed by atoms with Crippen molar-refractivity contribution >= 4 is 28.6 Å². The molecule has 10 heteroatoms. The maximum atomic E-state index is 13.7. The number of nitrogens with two attached hydrogens (primary N) is 1. The van der Waals surface area contributed by atoms with Gasteiger partial charge in [-0.1, -0.05) is 6.07 Å². The van der Waals surface area contributed by atoms with Gasteiger partial charge >= 0.3 is 0 Å². The quantitative estimate of drug-likeness (QED) is 0.174. The number of rotatable bonds is 9. The van der Waals surface area contributed by atoms with Crippen LogP contribution < -0.4 is 11.2 Å². The first-order chi connectivity index (χ1) is 18.9. The molecule has 3 aliphatic rings. The summed E-state index contributed by atoms with van der Waals surface area (Å²) in [6.07, 6.45) is 15.5. The van der Waals surface area contributed by atoms with Crippen molar-refractivity contribution in [2.45, 2.75) is 38.0 Å². The van der Waals surface area contributed by atoms with Gasteiger partial charge in [-0.25, -0.2) is 9.37 Å². The van der Waals surface area contributed by atoms with Crippen molar-refractivity contribution in [3.8, 4) is 5.69 Å². The number of alkyl halides is 1. The number of aliphatic imine (C=N–C) groups is 1. The standard InChI is InChI=1S/C29H30FN9/c1-37-6-4-21-5-7-39(27(21)37)24-8-22(10-32-12-24)25(36-31)13-33-11-23-15-38-14-20(2-3-26(38)35-23)9-34-19-28-16-29(30,17-28)18-28/h2-8,10,12-15,34H,9,11,16-19,31H2,1H3. The van der Waals surface area contributed by atoms with Gasteiger partial charge in [0.15, 0.2) is 0 Å². The van der Waals surface area contributed by atoms with Crippen molar-refractivity contribution in [1.29, 1.82) is 0 Å². The number of nitrogens with zero attached hydrogens (tertiary/aromatic N) is 7. The van der Waals surface area contributed by atoms with Gasteiger partial charge in [-0.05, 0) is 54.5 Å². The Hall–Kier alpha value is -4.31. The monoisotopic (exact) mass is 523 g/mol. The van der Waals surface area contributed by atoms with Crippen LogP contribution in [0.25, 0.3) is 22.4 Å². The van der Waals surface area contributed by atoms with Crippen molar-refractivity contribution in [2.24, 2.45) is 28.4 Å². The SMILES string of the molecule is Cn1ccc2ccn(-c3cncc(C(C=NCc4cn5cc(CNCC67CC(F)(C6)C7)ccc5n4)=NN)c3)c21. The topological polar surface area (TPSA) is 103 Å². The Morgan fingerprint density at radius 1 is 1.15 bits per heavy atom. The average Bonchev–Trinajstić information content (AvgIpc) is 3.61. The predicted molar refractivity (Wildman–Crippen MR) is 150 cm³/mol.